The third-order valence-corrected chi connectivity index (χ3v) is 3.05. The van der Waals surface area contributed by atoms with Crippen LogP contribution in [0.25, 0.3) is 0 Å². The molecule has 0 heterocycles. The van der Waals surface area contributed by atoms with E-state index < -0.39 is 5.97 Å². The van der Waals surface area contributed by atoms with Gasteiger partial charge in [0.1, 0.15) is 0 Å². The Morgan fingerprint density at radius 1 is 1.17 bits per heavy atom. The fourth-order valence-corrected chi connectivity index (χ4v) is 1.89. The summed E-state index contributed by atoms with van der Waals surface area (Å²) in [7, 11) is 0. The van der Waals surface area contributed by atoms with Crippen LogP contribution in [0.3, 0.4) is 0 Å². The third-order valence-electron chi connectivity index (χ3n) is 3.05. The molecular formula is C13H26N2O3. The summed E-state index contributed by atoms with van der Waals surface area (Å²) >= 11 is 0. The third kappa shape index (κ3) is 7.92. The van der Waals surface area contributed by atoms with Crippen LogP contribution in [0.2, 0.25) is 0 Å². The summed E-state index contributed by atoms with van der Waals surface area (Å²) in [6.45, 7) is 9.36. The summed E-state index contributed by atoms with van der Waals surface area (Å²) in [6, 6.07) is -0.164. The van der Waals surface area contributed by atoms with Gasteiger partial charge in [0.25, 0.3) is 0 Å². The number of urea groups is 1. The Bertz CT molecular complexity index is 272. The highest BCUT2D eigenvalue weighted by Gasteiger charge is 2.24. The maximum absolute atomic E-state index is 11.2. The van der Waals surface area contributed by atoms with Gasteiger partial charge in [0.2, 0.25) is 0 Å². The lowest BCUT2D eigenvalue weighted by molar-refractivity contribution is -0.137. The molecule has 5 heteroatoms. The van der Waals surface area contributed by atoms with E-state index in [0.717, 1.165) is 6.42 Å². The fourth-order valence-electron chi connectivity index (χ4n) is 1.89. The van der Waals surface area contributed by atoms with Crippen molar-refractivity contribution in [3.8, 4) is 0 Å². The van der Waals surface area contributed by atoms with Crippen molar-refractivity contribution in [2.24, 2.45) is 11.3 Å². The van der Waals surface area contributed by atoms with Crippen molar-refractivity contribution in [3.05, 3.63) is 0 Å². The van der Waals surface area contributed by atoms with Gasteiger partial charge in [0.05, 0.1) is 0 Å². The largest absolute Gasteiger partial charge is 0.481 e. The molecule has 5 nitrogen and oxygen atoms in total. The van der Waals surface area contributed by atoms with Crippen LogP contribution in [0.4, 0.5) is 4.79 Å². The van der Waals surface area contributed by atoms with E-state index in [1.807, 2.05) is 6.92 Å². The first-order valence-electron chi connectivity index (χ1n) is 6.50. The normalized spacial score (nSPS) is 12.9. The van der Waals surface area contributed by atoms with Crippen LogP contribution in [0, 0.1) is 11.3 Å². The molecule has 0 rings (SSSR count). The SMILES string of the molecule is CCNC(=O)NCCC(CCC(=O)O)C(C)(C)C. The average molecular weight is 258 g/mol. The molecule has 0 aromatic rings. The number of carbonyl (C=O) groups is 2. The molecule has 0 aliphatic heterocycles. The minimum Gasteiger partial charge on any atom is -0.481 e. The molecule has 2 amide bonds. The minimum atomic E-state index is -0.763. The van der Waals surface area contributed by atoms with Crippen molar-refractivity contribution >= 4 is 12.0 Å². The molecule has 0 aromatic carbocycles. The highest BCUT2D eigenvalue weighted by molar-refractivity contribution is 5.73. The van der Waals surface area contributed by atoms with E-state index in [2.05, 4.69) is 31.4 Å². The van der Waals surface area contributed by atoms with Gasteiger partial charge >= 0.3 is 12.0 Å². The number of aliphatic carboxylic acids is 1. The number of amides is 2. The average Bonchev–Trinajstić information content (AvgIpc) is 2.21. The number of hydrogen-bond donors (Lipinski definition) is 3. The van der Waals surface area contributed by atoms with Crippen molar-refractivity contribution in [1.82, 2.24) is 10.6 Å². The van der Waals surface area contributed by atoms with Crippen LogP contribution >= 0.6 is 0 Å². The predicted molar refractivity (Wildman–Crippen MR) is 71.5 cm³/mol. The van der Waals surface area contributed by atoms with E-state index in [0.29, 0.717) is 19.5 Å². The van der Waals surface area contributed by atoms with Gasteiger partial charge in [-0.1, -0.05) is 20.8 Å². The van der Waals surface area contributed by atoms with Crippen molar-refractivity contribution < 1.29 is 14.7 Å². The lowest BCUT2D eigenvalue weighted by atomic mass is 9.76. The predicted octanol–water partition coefficient (Wildman–Crippen LogP) is 2.22. The molecule has 0 aliphatic rings. The Hall–Kier alpha value is -1.26. The second kappa shape index (κ2) is 7.95. The Morgan fingerprint density at radius 3 is 2.22 bits per heavy atom. The Labute approximate surface area is 109 Å². The maximum Gasteiger partial charge on any atom is 0.314 e. The second-order valence-electron chi connectivity index (χ2n) is 5.57. The number of carbonyl (C=O) groups excluding carboxylic acids is 1. The van der Waals surface area contributed by atoms with Gasteiger partial charge in [-0.05, 0) is 31.1 Å². The molecule has 0 aromatic heterocycles. The second-order valence-corrected chi connectivity index (χ2v) is 5.57. The Morgan fingerprint density at radius 2 is 1.78 bits per heavy atom. The van der Waals surface area contributed by atoms with Crippen LogP contribution < -0.4 is 10.6 Å². The van der Waals surface area contributed by atoms with Gasteiger partial charge in [0.15, 0.2) is 0 Å². The maximum atomic E-state index is 11.2. The number of carboxylic acid groups (broad SMARTS) is 1. The van der Waals surface area contributed by atoms with E-state index in [-0.39, 0.29) is 23.8 Å². The van der Waals surface area contributed by atoms with Crippen molar-refractivity contribution in [2.45, 2.75) is 47.0 Å². The topological polar surface area (TPSA) is 78.4 Å². The smallest absolute Gasteiger partial charge is 0.314 e. The highest BCUT2D eigenvalue weighted by Crippen LogP contribution is 2.32. The fraction of sp³-hybridized carbons (Fsp3) is 0.846. The van der Waals surface area contributed by atoms with E-state index in [1.54, 1.807) is 0 Å². The molecule has 0 radical (unpaired) electrons. The lowest BCUT2D eigenvalue weighted by Gasteiger charge is -2.30. The molecule has 1 unspecified atom stereocenters. The molecule has 1 atom stereocenters. The highest BCUT2D eigenvalue weighted by atomic mass is 16.4. The molecule has 0 fully saturated rings. The van der Waals surface area contributed by atoms with Crippen LogP contribution in [-0.2, 0) is 4.79 Å². The summed E-state index contributed by atoms with van der Waals surface area (Å²) < 4.78 is 0. The molecule has 0 saturated carbocycles. The van der Waals surface area contributed by atoms with Gasteiger partial charge in [-0.25, -0.2) is 4.79 Å². The summed E-state index contributed by atoms with van der Waals surface area (Å²) in [6.07, 6.45) is 1.63. The quantitative estimate of drug-likeness (QED) is 0.655. The van der Waals surface area contributed by atoms with E-state index in [1.165, 1.54) is 0 Å². The van der Waals surface area contributed by atoms with Crippen LogP contribution in [0.5, 0.6) is 0 Å². The first kappa shape index (κ1) is 16.7. The number of carboxylic acids is 1. The molecule has 0 saturated heterocycles. The summed E-state index contributed by atoms with van der Waals surface area (Å²) in [5.74, 6) is -0.475. The lowest BCUT2D eigenvalue weighted by Crippen LogP contribution is -2.37. The first-order chi connectivity index (χ1) is 8.27. The van der Waals surface area contributed by atoms with Crippen LogP contribution in [-0.4, -0.2) is 30.2 Å². The van der Waals surface area contributed by atoms with Crippen molar-refractivity contribution in [3.63, 3.8) is 0 Å². The molecule has 18 heavy (non-hydrogen) atoms. The number of rotatable bonds is 7. The molecule has 0 spiro atoms. The Balaban J connectivity index is 4.10. The Kier molecular flexibility index (Phi) is 7.39. The van der Waals surface area contributed by atoms with Crippen molar-refractivity contribution in [1.29, 1.82) is 0 Å². The van der Waals surface area contributed by atoms with Gasteiger partial charge in [-0.2, -0.15) is 0 Å². The van der Waals surface area contributed by atoms with Gasteiger partial charge in [0, 0.05) is 19.5 Å². The summed E-state index contributed by atoms with van der Waals surface area (Å²) in [5, 5.41) is 14.2. The van der Waals surface area contributed by atoms with E-state index >= 15 is 0 Å². The molecule has 106 valence electrons. The monoisotopic (exact) mass is 258 g/mol. The summed E-state index contributed by atoms with van der Waals surface area (Å²) in [4.78, 5) is 21.8. The molecule has 0 aliphatic carbocycles. The molecular weight excluding hydrogens is 232 g/mol. The first-order valence-corrected chi connectivity index (χ1v) is 6.50. The summed E-state index contributed by atoms with van der Waals surface area (Å²) in [5.41, 5.74) is 0.0539. The standard InChI is InChI=1S/C13H26N2O3/c1-5-14-12(18)15-9-8-10(13(2,3)4)6-7-11(16)17/h10H,5-9H2,1-4H3,(H,16,17)(H2,14,15,18). The number of hydrogen-bond acceptors (Lipinski definition) is 2. The van der Waals surface area contributed by atoms with Crippen LogP contribution in [0.1, 0.15) is 47.0 Å². The minimum absolute atomic E-state index is 0.0539. The van der Waals surface area contributed by atoms with Gasteiger partial charge in [-0.15, -0.1) is 0 Å². The zero-order valence-corrected chi connectivity index (χ0v) is 11.9. The molecule has 3 N–H and O–H groups in total. The van der Waals surface area contributed by atoms with E-state index in [9.17, 15) is 9.59 Å². The van der Waals surface area contributed by atoms with Gasteiger partial charge < -0.3 is 15.7 Å². The van der Waals surface area contributed by atoms with Crippen molar-refractivity contribution in [2.75, 3.05) is 13.1 Å². The van der Waals surface area contributed by atoms with E-state index in [4.69, 9.17) is 5.11 Å². The zero-order valence-electron chi connectivity index (χ0n) is 11.9. The number of nitrogens with one attached hydrogen (secondary N) is 2. The van der Waals surface area contributed by atoms with Gasteiger partial charge in [-0.3, -0.25) is 4.79 Å². The molecule has 0 bridgehead atoms. The van der Waals surface area contributed by atoms with Crippen LogP contribution in [0.15, 0.2) is 0 Å². The zero-order chi connectivity index (χ0) is 14.2.